The van der Waals surface area contributed by atoms with Crippen molar-refractivity contribution >= 4 is 29.3 Å². The first kappa shape index (κ1) is 23.6. The number of nitrogens with zero attached hydrogens (tertiary/aromatic N) is 2. The Balaban J connectivity index is 1.14. The summed E-state index contributed by atoms with van der Waals surface area (Å²) >= 11 is 1.45. The van der Waals surface area contributed by atoms with Gasteiger partial charge in [0.25, 0.3) is 5.91 Å². The van der Waals surface area contributed by atoms with Crippen LogP contribution in [-0.4, -0.2) is 48.1 Å². The number of para-hydroxylation sites is 1. The Kier molecular flexibility index (Phi) is 7.50. The van der Waals surface area contributed by atoms with E-state index in [1.165, 1.54) is 22.9 Å². The molecule has 0 bridgehead atoms. The summed E-state index contributed by atoms with van der Waals surface area (Å²) in [6.45, 7) is 3.63. The molecule has 3 aromatic carbocycles. The molecule has 0 spiro atoms. The SMILES string of the molecule is O=C(NC1CCN(Cc2ccccc2)CC1)c1ccccc1SCC(=O)N1CCc2ccccc21. The van der Waals surface area contributed by atoms with Crippen molar-refractivity contribution in [2.75, 3.05) is 30.3 Å². The maximum atomic E-state index is 13.1. The van der Waals surface area contributed by atoms with Gasteiger partial charge in [-0.3, -0.25) is 14.5 Å². The van der Waals surface area contributed by atoms with Crippen molar-refractivity contribution in [3.8, 4) is 0 Å². The molecule has 3 aromatic rings. The lowest BCUT2D eigenvalue weighted by molar-refractivity contribution is -0.116. The maximum Gasteiger partial charge on any atom is 0.252 e. The fourth-order valence-electron chi connectivity index (χ4n) is 4.93. The number of rotatable bonds is 7. The highest BCUT2D eigenvalue weighted by Crippen LogP contribution is 2.30. The quantitative estimate of drug-likeness (QED) is 0.490. The molecule has 1 N–H and O–H groups in total. The Morgan fingerprint density at radius 1 is 0.857 bits per heavy atom. The number of anilines is 1. The molecule has 5 nitrogen and oxygen atoms in total. The summed E-state index contributed by atoms with van der Waals surface area (Å²) in [5, 5.41) is 3.24. The van der Waals surface area contributed by atoms with Gasteiger partial charge in [0, 0.05) is 42.8 Å². The fourth-order valence-corrected chi connectivity index (χ4v) is 5.86. The summed E-state index contributed by atoms with van der Waals surface area (Å²) in [7, 11) is 0. The second-order valence-electron chi connectivity index (χ2n) is 9.22. The second-order valence-corrected chi connectivity index (χ2v) is 10.2. The van der Waals surface area contributed by atoms with Gasteiger partial charge in [-0.15, -0.1) is 11.8 Å². The molecule has 2 aliphatic rings. The van der Waals surface area contributed by atoms with Crippen LogP contribution in [-0.2, 0) is 17.8 Å². The third-order valence-corrected chi connectivity index (χ3v) is 7.90. The minimum Gasteiger partial charge on any atom is -0.349 e. The number of benzene rings is 3. The van der Waals surface area contributed by atoms with Gasteiger partial charge >= 0.3 is 0 Å². The third-order valence-electron chi connectivity index (χ3n) is 6.84. The van der Waals surface area contributed by atoms with Gasteiger partial charge in [-0.25, -0.2) is 0 Å². The number of hydrogen-bond acceptors (Lipinski definition) is 4. The predicted octanol–water partition coefficient (Wildman–Crippen LogP) is 4.76. The summed E-state index contributed by atoms with van der Waals surface area (Å²) < 4.78 is 0. The van der Waals surface area contributed by atoms with E-state index in [0.717, 1.165) is 56.0 Å². The van der Waals surface area contributed by atoms with E-state index in [0.29, 0.717) is 11.3 Å². The average Bonchev–Trinajstić information content (AvgIpc) is 3.33. The molecule has 1 fully saturated rings. The van der Waals surface area contributed by atoms with Gasteiger partial charge in [0.05, 0.1) is 11.3 Å². The topological polar surface area (TPSA) is 52.7 Å². The summed E-state index contributed by atoms with van der Waals surface area (Å²) in [5.41, 5.74) is 4.22. The van der Waals surface area contributed by atoms with Crippen molar-refractivity contribution < 1.29 is 9.59 Å². The first-order chi connectivity index (χ1) is 17.2. The molecule has 5 rings (SSSR count). The fraction of sp³-hybridized carbons (Fsp3) is 0.310. The van der Waals surface area contributed by atoms with Crippen molar-refractivity contribution in [3.63, 3.8) is 0 Å². The zero-order chi connectivity index (χ0) is 24.0. The summed E-state index contributed by atoms with van der Waals surface area (Å²) in [4.78, 5) is 31.3. The summed E-state index contributed by atoms with van der Waals surface area (Å²) in [6, 6.07) is 26.4. The van der Waals surface area contributed by atoms with Crippen molar-refractivity contribution in [3.05, 3.63) is 95.6 Å². The van der Waals surface area contributed by atoms with Crippen LogP contribution in [0.5, 0.6) is 0 Å². The van der Waals surface area contributed by atoms with E-state index in [-0.39, 0.29) is 17.9 Å². The highest BCUT2D eigenvalue weighted by molar-refractivity contribution is 8.00. The first-order valence-corrected chi connectivity index (χ1v) is 13.3. The Morgan fingerprint density at radius 2 is 1.57 bits per heavy atom. The molecule has 1 saturated heterocycles. The van der Waals surface area contributed by atoms with E-state index in [1.54, 1.807) is 0 Å². The van der Waals surface area contributed by atoms with E-state index in [4.69, 9.17) is 0 Å². The molecule has 2 heterocycles. The van der Waals surface area contributed by atoms with Gasteiger partial charge in [0.2, 0.25) is 5.91 Å². The van der Waals surface area contributed by atoms with E-state index in [1.807, 2.05) is 53.4 Å². The van der Waals surface area contributed by atoms with Crippen molar-refractivity contribution in [1.82, 2.24) is 10.2 Å². The number of carbonyl (C=O) groups excluding carboxylic acids is 2. The molecule has 35 heavy (non-hydrogen) atoms. The zero-order valence-corrected chi connectivity index (χ0v) is 20.7. The van der Waals surface area contributed by atoms with E-state index >= 15 is 0 Å². The number of fused-ring (bicyclic) bond motifs is 1. The van der Waals surface area contributed by atoms with E-state index in [2.05, 4.69) is 40.5 Å². The van der Waals surface area contributed by atoms with Gasteiger partial charge < -0.3 is 10.2 Å². The zero-order valence-electron chi connectivity index (χ0n) is 19.9. The van der Waals surface area contributed by atoms with Crippen LogP contribution in [0, 0.1) is 0 Å². The highest BCUT2D eigenvalue weighted by Gasteiger charge is 2.25. The number of hydrogen-bond donors (Lipinski definition) is 1. The number of likely N-dealkylation sites (tertiary alicyclic amines) is 1. The predicted molar refractivity (Wildman–Crippen MR) is 142 cm³/mol. The second kappa shape index (κ2) is 11.1. The molecular weight excluding hydrogens is 454 g/mol. The smallest absolute Gasteiger partial charge is 0.252 e. The van der Waals surface area contributed by atoms with E-state index < -0.39 is 0 Å². The molecule has 0 atom stereocenters. The number of nitrogens with one attached hydrogen (secondary N) is 1. The summed E-state index contributed by atoms with van der Waals surface area (Å²) in [5.74, 6) is 0.353. The Labute approximate surface area is 211 Å². The lowest BCUT2D eigenvalue weighted by Gasteiger charge is -2.32. The molecule has 180 valence electrons. The molecule has 2 amide bonds. The first-order valence-electron chi connectivity index (χ1n) is 12.3. The third kappa shape index (κ3) is 5.77. The van der Waals surface area contributed by atoms with Crippen LogP contribution < -0.4 is 10.2 Å². The van der Waals surface area contributed by atoms with Crippen molar-refractivity contribution in [2.45, 2.75) is 36.7 Å². The van der Waals surface area contributed by atoms with Crippen LogP contribution in [0.25, 0.3) is 0 Å². The lowest BCUT2D eigenvalue weighted by atomic mass is 10.0. The monoisotopic (exact) mass is 485 g/mol. The van der Waals surface area contributed by atoms with Gasteiger partial charge in [0.1, 0.15) is 0 Å². The maximum absolute atomic E-state index is 13.1. The van der Waals surface area contributed by atoms with Crippen LogP contribution in [0.3, 0.4) is 0 Å². The minimum absolute atomic E-state index is 0.0476. The van der Waals surface area contributed by atoms with Crippen LogP contribution in [0.15, 0.2) is 83.8 Å². The van der Waals surface area contributed by atoms with Gasteiger partial charge in [0.15, 0.2) is 0 Å². The van der Waals surface area contributed by atoms with Crippen molar-refractivity contribution in [1.29, 1.82) is 0 Å². The number of amides is 2. The Bertz CT molecular complexity index is 1180. The van der Waals surface area contributed by atoms with Gasteiger partial charge in [-0.05, 0) is 48.6 Å². The molecule has 0 saturated carbocycles. The number of carbonyl (C=O) groups is 2. The Hall–Kier alpha value is -3.09. The number of piperidine rings is 1. The minimum atomic E-state index is -0.0476. The molecule has 2 aliphatic heterocycles. The van der Waals surface area contributed by atoms with Crippen LogP contribution >= 0.6 is 11.8 Å². The Morgan fingerprint density at radius 3 is 2.40 bits per heavy atom. The molecular formula is C29H31N3O2S. The largest absolute Gasteiger partial charge is 0.349 e. The van der Waals surface area contributed by atoms with Gasteiger partial charge in [-0.2, -0.15) is 0 Å². The van der Waals surface area contributed by atoms with Crippen LogP contribution in [0.2, 0.25) is 0 Å². The average molecular weight is 486 g/mol. The van der Waals surface area contributed by atoms with E-state index in [9.17, 15) is 9.59 Å². The molecule has 0 aromatic heterocycles. The molecule has 0 unspecified atom stereocenters. The van der Waals surface area contributed by atoms with Crippen molar-refractivity contribution in [2.24, 2.45) is 0 Å². The summed E-state index contributed by atoms with van der Waals surface area (Å²) in [6.07, 6.45) is 2.79. The standard InChI is InChI=1S/C29H31N3O2S/c33-28(32-19-14-23-10-4-6-12-26(23)32)21-35-27-13-7-5-11-25(27)29(34)30-24-15-17-31(18-16-24)20-22-8-2-1-3-9-22/h1-13,24H,14-21H2,(H,30,34). The highest BCUT2D eigenvalue weighted by atomic mass is 32.2. The number of thioether (sulfide) groups is 1. The van der Waals surface area contributed by atoms with Gasteiger partial charge in [-0.1, -0.05) is 60.7 Å². The lowest BCUT2D eigenvalue weighted by Crippen LogP contribution is -2.44. The normalized spacial score (nSPS) is 16.2. The molecule has 0 aliphatic carbocycles. The van der Waals surface area contributed by atoms with Crippen LogP contribution in [0.1, 0.15) is 34.3 Å². The molecule has 6 heteroatoms. The molecule has 0 radical (unpaired) electrons. The van der Waals surface area contributed by atoms with Crippen LogP contribution in [0.4, 0.5) is 5.69 Å².